The van der Waals surface area contributed by atoms with Crippen LogP contribution in [-0.4, -0.2) is 62.6 Å². The van der Waals surface area contributed by atoms with Crippen LogP contribution in [0.3, 0.4) is 0 Å². The molecule has 1 aromatic carbocycles. The Morgan fingerprint density at radius 1 is 1.25 bits per heavy atom. The minimum atomic E-state index is -3.63. The van der Waals surface area contributed by atoms with Gasteiger partial charge in [0, 0.05) is 38.0 Å². The molecule has 172 valence electrons. The average molecular weight is 480 g/mol. The Bertz CT molecular complexity index is 1210. The summed E-state index contributed by atoms with van der Waals surface area (Å²) >= 11 is 6.32. The van der Waals surface area contributed by atoms with Crippen LogP contribution in [0.4, 0.5) is 17.2 Å². The van der Waals surface area contributed by atoms with Gasteiger partial charge in [0.25, 0.3) is 0 Å². The zero-order valence-electron chi connectivity index (χ0n) is 17.9. The molecular formula is C21H26ClN5O4S. The number of morpholine rings is 1. The predicted octanol–water partition coefficient (Wildman–Crippen LogP) is 3.81. The standard InChI is InChI=1S/C21H26ClN5O4S/c1-3-6-23-17-12-19(26-21-20(17)15(22)13-24-21)25-16-5-4-14(11-18(16)30-2)32(28,29)27-7-9-31-10-8-27/h4-5,11-13H,3,6-10H2,1-2H3,(H3,23,24,25,26). The minimum absolute atomic E-state index is 0.173. The summed E-state index contributed by atoms with van der Waals surface area (Å²) in [5, 5.41) is 8.02. The zero-order valence-corrected chi connectivity index (χ0v) is 19.5. The molecule has 0 spiro atoms. The van der Waals surface area contributed by atoms with Gasteiger partial charge in [-0.2, -0.15) is 4.31 Å². The van der Waals surface area contributed by atoms with Gasteiger partial charge < -0.3 is 25.1 Å². The molecule has 3 aromatic rings. The molecule has 2 aromatic heterocycles. The van der Waals surface area contributed by atoms with E-state index >= 15 is 0 Å². The highest BCUT2D eigenvalue weighted by molar-refractivity contribution is 7.89. The summed E-state index contributed by atoms with van der Waals surface area (Å²) in [6.45, 7) is 4.32. The van der Waals surface area contributed by atoms with Crippen LogP contribution >= 0.6 is 11.6 Å². The number of aromatic nitrogens is 2. The first-order chi connectivity index (χ1) is 15.4. The summed E-state index contributed by atoms with van der Waals surface area (Å²) in [6.07, 6.45) is 2.66. The fourth-order valence-corrected chi connectivity index (χ4v) is 5.24. The number of H-pyrrole nitrogens is 1. The molecule has 1 saturated heterocycles. The number of halogens is 1. The number of aromatic amines is 1. The number of anilines is 3. The summed E-state index contributed by atoms with van der Waals surface area (Å²) in [5.41, 5.74) is 2.10. The van der Waals surface area contributed by atoms with E-state index in [1.54, 1.807) is 18.3 Å². The highest BCUT2D eigenvalue weighted by atomic mass is 35.5. The number of fused-ring (bicyclic) bond motifs is 1. The second-order valence-electron chi connectivity index (χ2n) is 7.35. The van der Waals surface area contributed by atoms with E-state index in [2.05, 4.69) is 27.5 Å². The number of nitrogens with zero attached hydrogens (tertiary/aromatic N) is 2. The molecular weight excluding hydrogens is 454 g/mol. The molecule has 3 heterocycles. The van der Waals surface area contributed by atoms with Crippen LogP contribution in [0.25, 0.3) is 11.0 Å². The van der Waals surface area contributed by atoms with Crippen LogP contribution in [-0.2, 0) is 14.8 Å². The van der Waals surface area contributed by atoms with E-state index in [-0.39, 0.29) is 4.90 Å². The quantitative estimate of drug-likeness (QED) is 0.450. The summed E-state index contributed by atoms with van der Waals surface area (Å²) in [6, 6.07) is 6.64. The molecule has 32 heavy (non-hydrogen) atoms. The molecule has 1 fully saturated rings. The highest BCUT2D eigenvalue weighted by Gasteiger charge is 2.27. The number of nitrogens with one attached hydrogen (secondary N) is 3. The van der Waals surface area contributed by atoms with Crippen molar-refractivity contribution in [2.45, 2.75) is 18.2 Å². The van der Waals surface area contributed by atoms with Crippen molar-refractivity contribution in [2.24, 2.45) is 0 Å². The van der Waals surface area contributed by atoms with Gasteiger partial charge in [0.1, 0.15) is 17.2 Å². The Morgan fingerprint density at radius 2 is 2.03 bits per heavy atom. The van der Waals surface area contributed by atoms with Crippen molar-refractivity contribution in [1.29, 1.82) is 0 Å². The van der Waals surface area contributed by atoms with E-state index in [0.717, 1.165) is 24.0 Å². The monoisotopic (exact) mass is 479 g/mol. The zero-order chi connectivity index (χ0) is 22.7. The molecule has 1 aliphatic heterocycles. The molecule has 9 nitrogen and oxygen atoms in total. The lowest BCUT2D eigenvalue weighted by molar-refractivity contribution is 0.0730. The molecule has 0 bridgehead atoms. The van der Waals surface area contributed by atoms with E-state index in [9.17, 15) is 8.42 Å². The Balaban J connectivity index is 1.65. The maximum absolute atomic E-state index is 13.0. The van der Waals surface area contributed by atoms with Gasteiger partial charge in [-0.15, -0.1) is 0 Å². The summed E-state index contributed by atoms with van der Waals surface area (Å²) in [5.74, 6) is 0.963. The number of rotatable bonds is 8. The van der Waals surface area contributed by atoms with Crippen molar-refractivity contribution in [3.05, 3.63) is 35.5 Å². The lowest BCUT2D eigenvalue weighted by Gasteiger charge is -2.26. The van der Waals surface area contributed by atoms with E-state index < -0.39 is 10.0 Å². The van der Waals surface area contributed by atoms with Gasteiger partial charge in [-0.1, -0.05) is 18.5 Å². The maximum atomic E-state index is 13.0. The Kier molecular flexibility index (Phi) is 6.75. The molecule has 4 rings (SSSR count). The van der Waals surface area contributed by atoms with Gasteiger partial charge in [0.05, 0.1) is 47.0 Å². The van der Waals surface area contributed by atoms with E-state index in [1.165, 1.54) is 17.5 Å². The third-order valence-electron chi connectivity index (χ3n) is 5.20. The van der Waals surface area contributed by atoms with Crippen molar-refractivity contribution in [1.82, 2.24) is 14.3 Å². The second-order valence-corrected chi connectivity index (χ2v) is 9.69. The van der Waals surface area contributed by atoms with Crippen molar-refractivity contribution >= 4 is 49.9 Å². The van der Waals surface area contributed by atoms with Gasteiger partial charge in [0.15, 0.2) is 0 Å². The SMILES string of the molecule is CCCNc1cc(Nc2ccc(S(=O)(=O)N3CCOCC3)cc2OC)nc2[nH]cc(Cl)c12. The fraction of sp³-hybridized carbons (Fsp3) is 0.381. The Hall–Kier alpha value is -2.53. The molecule has 0 amide bonds. The molecule has 0 saturated carbocycles. The third-order valence-corrected chi connectivity index (χ3v) is 7.40. The highest BCUT2D eigenvalue weighted by Crippen LogP contribution is 2.35. The van der Waals surface area contributed by atoms with Crippen LogP contribution in [0.15, 0.2) is 35.4 Å². The van der Waals surface area contributed by atoms with E-state index in [0.29, 0.717) is 54.2 Å². The van der Waals surface area contributed by atoms with E-state index in [1.807, 2.05) is 6.07 Å². The van der Waals surface area contributed by atoms with Gasteiger partial charge in [0.2, 0.25) is 10.0 Å². The average Bonchev–Trinajstić information content (AvgIpc) is 3.19. The van der Waals surface area contributed by atoms with Crippen molar-refractivity contribution in [2.75, 3.05) is 50.6 Å². The lowest BCUT2D eigenvalue weighted by atomic mass is 10.2. The number of sulfonamides is 1. The molecule has 3 N–H and O–H groups in total. The topological polar surface area (TPSA) is 109 Å². The van der Waals surface area contributed by atoms with Crippen molar-refractivity contribution in [3.63, 3.8) is 0 Å². The number of pyridine rings is 1. The van der Waals surface area contributed by atoms with Crippen LogP contribution in [0.1, 0.15) is 13.3 Å². The largest absolute Gasteiger partial charge is 0.495 e. The third kappa shape index (κ3) is 4.49. The van der Waals surface area contributed by atoms with Crippen LogP contribution in [0, 0.1) is 0 Å². The molecule has 0 radical (unpaired) electrons. The van der Waals surface area contributed by atoms with Gasteiger partial charge in [-0.05, 0) is 18.6 Å². The number of hydrogen-bond donors (Lipinski definition) is 3. The lowest BCUT2D eigenvalue weighted by Crippen LogP contribution is -2.40. The van der Waals surface area contributed by atoms with Crippen molar-refractivity contribution in [3.8, 4) is 5.75 Å². The first-order valence-electron chi connectivity index (χ1n) is 10.4. The normalized spacial score (nSPS) is 15.1. The smallest absolute Gasteiger partial charge is 0.243 e. The summed E-state index contributed by atoms with van der Waals surface area (Å²) in [4.78, 5) is 7.84. The van der Waals surface area contributed by atoms with E-state index in [4.69, 9.17) is 21.1 Å². The molecule has 0 aliphatic carbocycles. The number of methoxy groups -OCH3 is 1. The van der Waals surface area contributed by atoms with Crippen LogP contribution in [0.2, 0.25) is 5.02 Å². The summed E-state index contributed by atoms with van der Waals surface area (Å²) in [7, 11) is -2.13. The first kappa shape index (κ1) is 22.7. The maximum Gasteiger partial charge on any atom is 0.243 e. The first-order valence-corrected chi connectivity index (χ1v) is 12.2. The molecule has 0 atom stereocenters. The van der Waals surface area contributed by atoms with Crippen molar-refractivity contribution < 1.29 is 17.9 Å². The van der Waals surface area contributed by atoms with Gasteiger partial charge >= 0.3 is 0 Å². The van der Waals surface area contributed by atoms with Crippen LogP contribution in [0.5, 0.6) is 5.75 Å². The van der Waals surface area contributed by atoms with Gasteiger partial charge in [-0.3, -0.25) is 0 Å². The second kappa shape index (κ2) is 9.53. The predicted molar refractivity (Wildman–Crippen MR) is 126 cm³/mol. The van der Waals surface area contributed by atoms with Gasteiger partial charge in [-0.25, -0.2) is 13.4 Å². The Labute approximate surface area is 192 Å². The van der Waals surface area contributed by atoms with Crippen LogP contribution < -0.4 is 15.4 Å². The molecule has 11 heteroatoms. The Morgan fingerprint density at radius 3 is 2.75 bits per heavy atom. The number of benzene rings is 1. The molecule has 1 aliphatic rings. The fourth-order valence-electron chi connectivity index (χ4n) is 3.57. The minimum Gasteiger partial charge on any atom is -0.495 e. The number of hydrogen-bond acceptors (Lipinski definition) is 7. The number of ether oxygens (including phenoxy) is 2. The molecule has 0 unspecified atom stereocenters. The summed E-state index contributed by atoms with van der Waals surface area (Å²) < 4.78 is 38.1.